The van der Waals surface area contributed by atoms with Gasteiger partial charge in [0.1, 0.15) is 14.4 Å². The van der Waals surface area contributed by atoms with E-state index in [1.54, 1.807) is 6.07 Å². The van der Waals surface area contributed by atoms with Crippen LogP contribution >= 0.6 is 45.9 Å². The van der Waals surface area contributed by atoms with Gasteiger partial charge in [0, 0.05) is 5.56 Å². The van der Waals surface area contributed by atoms with Gasteiger partial charge in [-0.25, -0.2) is 0 Å². The number of hydrogen-bond donors (Lipinski definition) is 1. The standard InChI is InChI=1S/C9H9Cl2N3S2/c1-2-5(12)9-14-13-8(16-9)4-3-6(10)15-7(4)11/h3,5H,2,12H2,1H3. The van der Waals surface area contributed by atoms with Crippen molar-refractivity contribution in [2.75, 3.05) is 0 Å². The normalized spacial score (nSPS) is 13.0. The Bertz CT molecular complexity index is 495. The topological polar surface area (TPSA) is 51.8 Å². The molecule has 0 fully saturated rings. The highest BCUT2D eigenvalue weighted by Crippen LogP contribution is 2.39. The fourth-order valence-corrected chi connectivity index (χ4v) is 3.69. The molecule has 1 unspecified atom stereocenters. The highest BCUT2D eigenvalue weighted by atomic mass is 35.5. The number of nitrogens with zero attached hydrogens (tertiary/aromatic N) is 2. The minimum atomic E-state index is -0.0564. The van der Waals surface area contributed by atoms with Crippen molar-refractivity contribution in [3.63, 3.8) is 0 Å². The molecule has 0 bridgehead atoms. The molecule has 86 valence electrons. The Morgan fingerprint density at radius 3 is 2.69 bits per heavy atom. The largest absolute Gasteiger partial charge is 0.322 e. The summed E-state index contributed by atoms with van der Waals surface area (Å²) in [5, 5.41) is 9.74. The fraction of sp³-hybridized carbons (Fsp3) is 0.333. The third kappa shape index (κ3) is 2.38. The lowest BCUT2D eigenvalue weighted by Crippen LogP contribution is -2.07. The van der Waals surface area contributed by atoms with Gasteiger partial charge in [-0.2, -0.15) is 0 Å². The lowest BCUT2D eigenvalue weighted by Gasteiger charge is -2.00. The summed E-state index contributed by atoms with van der Waals surface area (Å²) in [6.07, 6.45) is 0.840. The van der Waals surface area contributed by atoms with Crippen LogP contribution in [0.5, 0.6) is 0 Å². The van der Waals surface area contributed by atoms with Crippen LogP contribution in [0, 0.1) is 0 Å². The molecule has 0 amide bonds. The summed E-state index contributed by atoms with van der Waals surface area (Å²) in [7, 11) is 0. The van der Waals surface area contributed by atoms with Crippen molar-refractivity contribution >= 4 is 45.9 Å². The summed E-state index contributed by atoms with van der Waals surface area (Å²) in [5.41, 5.74) is 6.72. The molecule has 2 N–H and O–H groups in total. The molecule has 0 aliphatic heterocycles. The van der Waals surface area contributed by atoms with E-state index in [0.29, 0.717) is 8.67 Å². The quantitative estimate of drug-likeness (QED) is 0.931. The molecule has 2 rings (SSSR count). The molecule has 0 spiro atoms. The first kappa shape index (κ1) is 12.3. The first-order valence-corrected chi connectivity index (χ1v) is 7.05. The number of hydrogen-bond acceptors (Lipinski definition) is 5. The second kappa shape index (κ2) is 4.98. The van der Waals surface area contributed by atoms with E-state index in [1.807, 2.05) is 6.92 Å². The summed E-state index contributed by atoms with van der Waals surface area (Å²) < 4.78 is 1.29. The molecule has 3 nitrogen and oxygen atoms in total. The minimum Gasteiger partial charge on any atom is -0.322 e. The summed E-state index contributed by atoms with van der Waals surface area (Å²) in [6, 6.07) is 1.75. The van der Waals surface area contributed by atoms with E-state index in [2.05, 4.69) is 10.2 Å². The fourth-order valence-electron chi connectivity index (χ4n) is 1.15. The minimum absolute atomic E-state index is 0.0564. The van der Waals surface area contributed by atoms with Crippen LogP contribution in [0.1, 0.15) is 24.4 Å². The molecular weight excluding hydrogens is 285 g/mol. The monoisotopic (exact) mass is 293 g/mol. The molecule has 2 aromatic heterocycles. The number of aromatic nitrogens is 2. The number of halogens is 2. The zero-order valence-corrected chi connectivity index (χ0v) is 11.6. The Morgan fingerprint density at radius 1 is 1.38 bits per heavy atom. The van der Waals surface area contributed by atoms with Crippen LogP contribution in [-0.2, 0) is 0 Å². The van der Waals surface area contributed by atoms with Gasteiger partial charge in [-0.3, -0.25) is 0 Å². The van der Waals surface area contributed by atoms with Crippen LogP contribution in [0.25, 0.3) is 10.6 Å². The van der Waals surface area contributed by atoms with E-state index in [-0.39, 0.29) is 6.04 Å². The second-order valence-corrected chi connectivity index (χ2v) is 6.49. The van der Waals surface area contributed by atoms with Gasteiger partial charge in [0.15, 0.2) is 0 Å². The first-order chi connectivity index (χ1) is 7.61. The van der Waals surface area contributed by atoms with Crippen LogP contribution in [-0.4, -0.2) is 10.2 Å². The average molecular weight is 294 g/mol. The second-order valence-electron chi connectivity index (χ2n) is 3.20. The molecule has 0 aliphatic carbocycles. The molecule has 0 aromatic carbocycles. The maximum absolute atomic E-state index is 6.04. The zero-order valence-electron chi connectivity index (χ0n) is 8.41. The van der Waals surface area contributed by atoms with Crippen molar-refractivity contribution in [3.05, 3.63) is 19.7 Å². The zero-order chi connectivity index (χ0) is 11.7. The van der Waals surface area contributed by atoms with E-state index in [4.69, 9.17) is 28.9 Å². The Morgan fingerprint density at radius 2 is 2.12 bits per heavy atom. The maximum atomic E-state index is 6.04. The van der Waals surface area contributed by atoms with Gasteiger partial charge < -0.3 is 5.73 Å². The van der Waals surface area contributed by atoms with E-state index < -0.39 is 0 Å². The third-order valence-corrected chi connectivity index (χ3v) is 4.66. The van der Waals surface area contributed by atoms with Crippen molar-refractivity contribution in [1.29, 1.82) is 0 Å². The number of nitrogens with two attached hydrogens (primary N) is 1. The molecule has 7 heteroatoms. The van der Waals surface area contributed by atoms with E-state index in [1.165, 1.54) is 22.7 Å². The van der Waals surface area contributed by atoms with Crippen molar-refractivity contribution in [2.24, 2.45) is 5.73 Å². The van der Waals surface area contributed by atoms with Crippen molar-refractivity contribution < 1.29 is 0 Å². The van der Waals surface area contributed by atoms with E-state index in [9.17, 15) is 0 Å². The Balaban J connectivity index is 2.35. The highest BCUT2D eigenvalue weighted by molar-refractivity contribution is 7.21. The van der Waals surface area contributed by atoms with Gasteiger partial charge in [-0.1, -0.05) is 41.5 Å². The van der Waals surface area contributed by atoms with E-state index >= 15 is 0 Å². The highest BCUT2D eigenvalue weighted by Gasteiger charge is 2.15. The molecule has 0 saturated heterocycles. The first-order valence-electron chi connectivity index (χ1n) is 4.66. The molecular formula is C9H9Cl2N3S2. The van der Waals surface area contributed by atoms with E-state index in [0.717, 1.165) is 22.0 Å². The summed E-state index contributed by atoms with van der Waals surface area (Å²) in [6.45, 7) is 2.01. The summed E-state index contributed by atoms with van der Waals surface area (Å²) in [5.74, 6) is 0. The van der Waals surface area contributed by atoms with Gasteiger partial charge in [-0.15, -0.1) is 21.5 Å². The third-order valence-electron chi connectivity index (χ3n) is 2.08. The smallest absolute Gasteiger partial charge is 0.150 e. The Kier molecular flexibility index (Phi) is 3.81. The molecule has 0 saturated carbocycles. The van der Waals surface area contributed by atoms with Gasteiger partial charge >= 0.3 is 0 Å². The van der Waals surface area contributed by atoms with Gasteiger partial charge in [0.2, 0.25) is 0 Å². The predicted octanol–water partition coefficient (Wildman–Crippen LogP) is 3.98. The molecule has 0 radical (unpaired) electrons. The van der Waals surface area contributed by atoms with Crippen molar-refractivity contribution in [1.82, 2.24) is 10.2 Å². The molecule has 1 atom stereocenters. The Labute approximate surface area is 111 Å². The van der Waals surface area contributed by atoms with Gasteiger partial charge in [0.25, 0.3) is 0 Å². The van der Waals surface area contributed by atoms with Crippen molar-refractivity contribution in [3.8, 4) is 10.6 Å². The maximum Gasteiger partial charge on any atom is 0.150 e. The van der Waals surface area contributed by atoms with Crippen LogP contribution in [0.15, 0.2) is 6.07 Å². The molecule has 0 aliphatic rings. The molecule has 2 heterocycles. The number of thiophene rings is 1. The lowest BCUT2D eigenvalue weighted by atomic mass is 10.3. The van der Waals surface area contributed by atoms with Gasteiger partial charge in [0.05, 0.1) is 10.4 Å². The van der Waals surface area contributed by atoms with Crippen molar-refractivity contribution in [2.45, 2.75) is 19.4 Å². The van der Waals surface area contributed by atoms with Crippen LogP contribution in [0.3, 0.4) is 0 Å². The Hall–Kier alpha value is -0.200. The number of rotatable bonds is 3. The van der Waals surface area contributed by atoms with Crippen LogP contribution < -0.4 is 5.73 Å². The lowest BCUT2D eigenvalue weighted by molar-refractivity contribution is 0.683. The predicted molar refractivity (Wildman–Crippen MR) is 70.5 cm³/mol. The molecule has 16 heavy (non-hydrogen) atoms. The SMILES string of the molecule is CCC(N)c1nnc(-c2cc(Cl)sc2Cl)s1. The van der Waals surface area contributed by atoms with Crippen LogP contribution in [0.4, 0.5) is 0 Å². The van der Waals surface area contributed by atoms with Crippen LogP contribution in [0.2, 0.25) is 8.67 Å². The average Bonchev–Trinajstić information content (AvgIpc) is 2.83. The molecule has 2 aromatic rings. The van der Waals surface area contributed by atoms with Gasteiger partial charge in [-0.05, 0) is 12.5 Å². The summed E-state index contributed by atoms with van der Waals surface area (Å²) >= 11 is 14.7. The summed E-state index contributed by atoms with van der Waals surface area (Å²) in [4.78, 5) is 0.